The predicted octanol–water partition coefficient (Wildman–Crippen LogP) is 21.7. The van der Waals surface area contributed by atoms with E-state index in [-0.39, 0.29) is 11.7 Å². The van der Waals surface area contributed by atoms with E-state index in [1.807, 2.05) is 122 Å². The molecule has 0 spiro atoms. The van der Waals surface area contributed by atoms with E-state index in [0.29, 0.717) is 17.9 Å². The summed E-state index contributed by atoms with van der Waals surface area (Å²) in [6.07, 6.45) is 30.2. The molecule has 0 saturated carbocycles. The molecule has 0 unspecified atom stereocenters. The first-order valence-corrected chi connectivity index (χ1v) is 33.4. The second-order valence-electron chi connectivity index (χ2n) is 22.4. The number of unbranched alkanes of at least 4 members (excludes halogenated alkanes) is 10. The number of hydrogen-bond acceptors (Lipinski definition) is 11. The number of hydrogen-bond donors (Lipinski definition) is 1. The van der Waals surface area contributed by atoms with E-state index in [9.17, 15) is 9.90 Å². The smallest absolute Gasteiger partial charge is 0.330 e. The van der Waals surface area contributed by atoms with Crippen LogP contribution >= 0.6 is 0 Å². The number of benzene rings is 8. The van der Waals surface area contributed by atoms with Crippen LogP contribution in [0.1, 0.15) is 169 Å². The number of ether oxygens (including phenoxy) is 5. The van der Waals surface area contributed by atoms with Crippen LogP contribution in [-0.4, -0.2) is 70.0 Å². The number of nitrogens with zero attached hydrogens (tertiary/aromatic N) is 4. The van der Waals surface area contributed by atoms with Gasteiger partial charge >= 0.3 is 5.97 Å². The lowest BCUT2D eigenvalue weighted by molar-refractivity contribution is -0.137. The third-order valence-electron chi connectivity index (χ3n) is 14.7. The molecule has 0 aliphatic heterocycles. The minimum Gasteiger partial charge on any atom is -0.507 e. The van der Waals surface area contributed by atoms with Crippen LogP contribution in [0, 0.1) is 6.92 Å². The maximum Gasteiger partial charge on any atom is 0.330 e. The molecule has 8 rings (SSSR count). The molecular weight excluding hydrogens is 1150 g/mol. The Balaban J connectivity index is 0.000000225. The van der Waals surface area contributed by atoms with Gasteiger partial charge in [0.25, 0.3) is 0 Å². The van der Waals surface area contributed by atoms with Crippen LogP contribution in [0.3, 0.4) is 0 Å². The number of esters is 1. The monoisotopic (exact) mass is 1250 g/mol. The number of phenols is 1. The molecule has 1 N–H and O–H groups in total. The third-order valence-corrected chi connectivity index (χ3v) is 14.7. The second kappa shape index (κ2) is 45.8. The van der Waals surface area contributed by atoms with Crippen molar-refractivity contribution in [2.45, 2.75) is 144 Å². The Kier molecular flexibility index (Phi) is 36.7. The molecule has 0 aliphatic carbocycles. The number of aliphatic imine (C=N–C) groups is 4. The number of carbonyl (C=O) groups is 1. The number of carbonyl (C=O) groups excluding carboxylic acids is 1. The Bertz CT molecular complexity index is 3430. The first kappa shape index (κ1) is 74.4. The topological polar surface area (TPSA) is 133 Å². The van der Waals surface area contributed by atoms with Gasteiger partial charge < -0.3 is 28.8 Å². The quantitative estimate of drug-likeness (QED) is 0.0187. The van der Waals surface area contributed by atoms with Crippen molar-refractivity contribution in [2.75, 3.05) is 34.0 Å². The Morgan fingerprint density at radius 2 is 0.763 bits per heavy atom. The molecule has 0 radical (unpaired) electrons. The number of methoxy groups -OCH3 is 2. The summed E-state index contributed by atoms with van der Waals surface area (Å²) in [6, 6.07) is 61.7. The molecule has 0 heterocycles. The van der Waals surface area contributed by atoms with E-state index in [2.05, 4.69) is 115 Å². The highest BCUT2D eigenvalue weighted by atomic mass is 16.5. The van der Waals surface area contributed by atoms with Crippen molar-refractivity contribution in [3.8, 4) is 28.7 Å². The van der Waals surface area contributed by atoms with Crippen LogP contribution in [0.25, 0.3) is 6.08 Å². The highest BCUT2D eigenvalue weighted by Crippen LogP contribution is 2.24. The average Bonchev–Trinajstić information content (AvgIpc) is 3.34. The molecule has 11 heteroatoms. The molecule has 0 saturated heterocycles. The summed E-state index contributed by atoms with van der Waals surface area (Å²) in [7, 11) is 3.21. The molecule has 0 amide bonds. The van der Waals surface area contributed by atoms with E-state index in [0.717, 1.165) is 101 Å². The van der Waals surface area contributed by atoms with Crippen LogP contribution in [0.2, 0.25) is 0 Å². The standard InChI is InChI=1S/C23H31NO.C22H29NO.C19H19NO3.C18H21NO2/c1-3-5-7-8-18-25-23-16-12-21(13-17-23)19-24-22-14-10-20(11-15-22)9-6-4-2;1-3-4-5-6-7-8-17-24-22-15-11-20(12-16-22)18-23-21-13-9-19(2)10-14-21;1-3-23-19(21)13-8-15-4-9-17(10-5-15)20-14-16-6-11-18(22-2)12-7-16;1-3-4-5-14-6-9-16(10-7-14)19-13-15-8-11-17(21-2)12-18(15)20/h10-17,19H,3-9,18H2,1-2H3;9-16,18H,3-8,17H2,1-2H3;4-14H,3H2,1-2H3;6-13,20H,3-5H2,1-2H3/b;;13-8+,20-14?;. The Hall–Kier alpha value is -9.35. The average molecular weight is 1250 g/mol. The lowest BCUT2D eigenvalue weighted by Crippen LogP contribution is -1.98. The van der Waals surface area contributed by atoms with Crippen molar-refractivity contribution in [2.24, 2.45) is 20.0 Å². The number of aromatic hydroxyl groups is 1. The van der Waals surface area contributed by atoms with Crippen LogP contribution in [0.5, 0.6) is 28.7 Å². The van der Waals surface area contributed by atoms with E-state index in [1.54, 1.807) is 57.8 Å². The van der Waals surface area contributed by atoms with Gasteiger partial charge in [-0.25, -0.2) is 4.79 Å². The minimum absolute atomic E-state index is 0.165. The van der Waals surface area contributed by atoms with Gasteiger partial charge in [-0.15, -0.1) is 0 Å². The molecule has 0 aliphatic rings. The van der Waals surface area contributed by atoms with Gasteiger partial charge in [0, 0.05) is 42.6 Å². The second-order valence-corrected chi connectivity index (χ2v) is 22.4. The van der Waals surface area contributed by atoms with Gasteiger partial charge in [0.05, 0.1) is 56.8 Å². The third kappa shape index (κ3) is 32.0. The van der Waals surface area contributed by atoms with E-state index >= 15 is 0 Å². The molecule has 0 bridgehead atoms. The maximum absolute atomic E-state index is 11.2. The Morgan fingerprint density at radius 1 is 0.398 bits per heavy atom. The molecule has 0 aromatic heterocycles. The Labute approximate surface area is 556 Å². The van der Waals surface area contributed by atoms with E-state index in [4.69, 9.17) is 23.7 Å². The zero-order valence-electron chi connectivity index (χ0n) is 56.5. The van der Waals surface area contributed by atoms with Crippen LogP contribution < -0.4 is 18.9 Å². The maximum atomic E-state index is 11.2. The minimum atomic E-state index is -0.339. The fourth-order valence-electron chi connectivity index (χ4n) is 9.05. The van der Waals surface area contributed by atoms with Gasteiger partial charge in [-0.3, -0.25) is 20.0 Å². The SMILES string of the molecule is CCCCCCCCOc1ccc(C=Nc2ccc(C)cc2)cc1.CCCCCCOc1ccc(C=Nc2ccc(CCCC)cc2)cc1.CCCCc1ccc(N=Cc2ccc(OC)cc2O)cc1.CCOC(=O)/C=C/c1ccc(N=Cc2ccc(OC)cc2)cc1. The molecule has 93 heavy (non-hydrogen) atoms. The summed E-state index contributed by atoms with van der Waals surface area (Å²) in [5.41, 5.74) is 12.4. The highest BCUT2D eigenvalue weighted by Gasteiger charge is 2.03. The summed E-state index contributed by atoms with van der Waals surface area (Å²) in [6.45, 7) is 14.7. The number of phenolic OH excluding ortho intramolecular Hbond substituents is 1. The predicted molar refractivity (Wildman–Crippen MR) is 391 cm³/mol. The molecule has 490 valence electrons. The van der Waals surface area contributed by atoms with E-state index < -0.39 is 0 Å². The summed E-state index contributed by atoms with van der Waals surface area (Å²) in [5.74, 6) is 3.15. The van der Waals surface area contributed by atoms with Crippen molar-refractivity contribution >= 4 is 59.7 Å². The van der Waals surface area contributed by atoms with Crippen molar-refractivity contribution in [1.29, 1.82) is 0 Å². The van der Waals surface area contributed by atoms with Crippen LogP contribution in [0.4, 0.5) is 22.7 Å². The van der Waals surface area contributed by atoms with Gasteiger partial charge in [-0.1, -0.05) is 146 Å². The summed E-state index contributed by atoms with van der Waals surface area (Å²) in [4.78, 5) is 29.1. The van der Waals surface area contributed by atoms with Crippen molar-refractivity contribution in [3.05, 3.63) is 239 Å². The van der Waals surface area contributed by atoms with Gasteiger partial charge in [0.15, 0.2) is 0 Å². The zero-order chi connectivity index (χ0) is 66.4. The van der Waals surface area contributed by atoms with Gasteiger partial charge in [0.1, 0.15) is 28.7 Å². The highest BCUT2D eigenvalue weighted by molar-refractivity contribution is 5.88. The van der Waals surface area contributed by atoms with Gasteiger partial charge in [0.2, 0.25) is 0 Å². The Morgan fingerprint density at radius 3 is 1.18 bits per heavy atom. The lowest BCUT2D eigenvalue weighted by atomic mass is 10.1. The van der Waals surface area contributed by atoms with Crippen LogP contribution in [-0.2, 0) is 22.4 Å². The van der Waals surface area contributed by atoms with E-state index in [1.165, 1.54) is 99.8 Å². The number of aryl methyl sites for hydroxylation is 3. The van der Waals surface area contributed by atoms with Crippen molar-refractivity contribution < 1.29 is 33.6 Å². The lowest BCUT2D eigenvalue weighted by Gasteiger charge is -2.06. The summed E-state index contributed by atoms with van der Waals surface area (Å²) >= 11 is 0. The van der Waals surface area contributed by atoms with Crippen molar-refractivity contribution in [3.63, 3.8) is 0 Å². The molecule has 0 atom stereocenters. The largest absolute Gasteiger partial charge is 0.507 e. The molecule has 8 aromatic carbocycles. The molecule has 11 nitrogen and oxygen atoms in total. The molecule has 0 fully saturated rings. The zero-order valence-corrected chi connectivity index (χ0v) is 56.5. The van der Waals surface area contributed by atoms with Gasteiger partial charge in [-0.05, 0) is 225 Å². The first-order chi connectivity index (χ1) is 45.5. The fourth-order valence-corrected chi connectivity index (χ4v) is 9.05. The molecular formula is C82H100N4O7. The van der Waals surface area contributed by atoms with Crippen molar-refractivity contribution in [1.82, 2.24) is 0 Å². The fraction of sp³-hybridized carbons (Fsp3) is 0.329. The number of rotatable bonds is 33. The summed E-state index contributed by atoms with van der Waals surface area (Å²) in [5, 5.41) is 9.87. The first-order valence-electron chi connectivity index (χ1n) is 33.4. The normalized spacial score (nSPS) is 11.1. The summed E-state index contributed by atoms with van der Waals surface area (Å²) < 4.78 is 26.6. The van der Waals surface area contributed by atoms with Crippen LogP contribution in [0.15, 0.2) is 214 Å². The molecule has 8 aromatic rings. The van der Waals surface area contributed by atoms with Gasteiger partial charge in [-0.2, -0.15) is 0 Å².